The molecular weight excluding hydrogens is 877 g/mol. The maximum absolute atomic E-state index is 7.16. The molecule has 1 aliphatic heterocycles. The number of ether oxygens (including phenoxy) is 1. The van der Waals surface area contributed by atoms with Crippen LogP contribution in [0.4, 0.5) is 17.1 Å². The molecule has 5 nitrogen and oxygen atoms in total. The van der Waals surface area contributed by atoms with Crippen molar-refractivity contribution in [2.45, 2.75) is 78.6 Å². The van der Waals surface area contributed by atoms with Crippen molar-refractivity contribution in [3.63, 3.8) is 0 Å². The molecule has 358 valence electrons. The van der Waals surface area contributed by atoms with Gasteiger partial charge in [0.25, 0.3) is 0 Å². The molecule has 5 heteroatoms. The van der Waals surface area contributed by atoms with Crippen LogP contribution >= 0.6 is 0 Å². The fraction of sp³-hybridized carbons (Fsp3) is 0.209. The summed E-state index contributed by atoms with van der Waals surface area (Å²) in [6.07, 6.45) is 3.89. The second-order valence-electron chi connectivity index (χ2n) is 21.1. The van der Waals surface area contributed by atoms with E-state index >= 15 is 0 Å². The zero-order valence-electron chi connectivity index (χ0n) is 42.7. The molecule has 72 heavy (non-hydrogen) atoms. The van der Waals surface area contributed by atoms with Crippen LogP contribution in [0.15, 0.2) is 200 Å². The zero-order chi connectivity index (χ0) is 49.5. The minimum Gasteiger partial charge on any atom is -0.457 e. The Morgan fingerprint density at radius 1 is 0.542 bits per heavy atom. The lowest BCUT2D eigenvalue weighted by Crippen LogP contribution is -2.29. The highest BCUT2D eigenvalue weighted by Crippen LogP contribution is 2.46. The Kier molecular flexibility index (Phi) is 12.5. The third-order valence-corrected chi connectivity index (χ3v) is 14.6. The molecule has 0 atom stereocenters. The lowest BCUT2D eigenvalue weighted by atomic mass is 9.85. The Labute approximate surface area is 426 Å². The number of rotatable bonds is 13. The smallest absolute Gasteiger partial charge is 0.137 e. The predicted molar refractivity (Wildman–Crippen MR) is 304 cm³/mol. The number of pyridine rings is 1. The van der Waals surface area contributed by atoms with Gasteiger partial charge in [0.2, 0.25) is 0 Å². The van der Waals surface area contributed by atoms with Gasteiger partial charge in [0, 0.05) is 41.3 Å². The first-order valence-corrected chi connectivity index (χ1v) is 25.8. The van der Waals surface area contributed by atoms with E-state index in [0.717, 1.165) is 71.0 Å². The zero-order valence-corrected chi connectivity index (χ0v) is 42.7. The van der Waals surface area contributed by atoms with Crippen molar-refractivity contribution < 1.29 is 4.74 Å². The molecule has 0 aliphatic carbocycles. The van der Waals surface area contributed by atoms with E-state index in [9.17, 15) is 0 Å². The highest BCUT2D eigenvalue weighted by Gasteiger charge is 2.29. The van der Waals surface area contributed by atoms with Gasteiger partial charge >= 0.3 is 0 Å². The number of hydrogen-bond donors (Lipinski definition) is 0. The Hall–Kier alpha value is -7.89. The van der Waals surface area contributed by atoms with Crippen molar-refractivity contribution >= 4 is 38.9 Å². The van der Waals surface area contributed by atoms with E-state index in [1.165, 1.54) is 66.8 Å². The molecule has 0 saturated carbocycles. The summed E-state index contributed by atoms with van der Waals surface area (Å²) < 4.78 is 9.46. The molecule has 0 fully saturated rings. The first-order valence-electron chi connectivity index (χ1n) is 25.8. The van der Waals surface area contributed by atoms with Gasteiger partial charge in [-0.1, -0.05) is 176 Å². The summed E-state index contributed by atoms with van der Waals surface area (Å²) in [7, 11) is 0. The number of para-hydroxylation sites is 3. The number of hydrogen-bond acceptors (Lipinski definition) is 4. The summed E-state index contributed by atoms with van der Waals surface area (Å²) in [6.45, 7) is 17.6. The van der Waals surface area contributed by atoms with Crippen LogP contribution in [0, 0.1) is 0 Å². The molecule has 8 aromatic carbocycles. The van der Waals surface area contributed by atoms with Crippen molar-refractivity contribution in [1.29, 1.82) is 0 Å². The second kappa shape index (κ2) is 19.4. The predicted octanol–water partition coefficient (Wildman–Crippen LogP) is 18.1. The third kappa shape index (κ3) is 8.94. The molecule has 0 saturated heterocycles. The number of aromatic nitrogens is 2. The van der Waals surface area contributed by atoms with Crippen molar-refractivity contribution in [1.82, 2.24) is 9.55 Å². The first-order chi connectivity index (χ1) is 35.0. The maximum Gasteiger partial charge on any atom is 0.137 e. The normalized spacial score (nSPS) is 12.7. The topological polar surface area (TPSA) is 33.5 Å². The quantitative estimate of drug-likeness (QED) is 0.115. The van der Waals surface area contributed by atoms with E-state index in [1.807, 2.05) is 6.20 Å². The Morgan fingerprint density at radius 3 is 1.85 bits per heavy atom. The molecule has 0 unspecified atom stereocenters. The molecule has 0 radical (unpaired) electrons. The maximum atomic E-state index is 7.16. The van der Waals surface area contributed by atoms with Crippen LogP contribution in [0.5, 0.6) is 11.5 Å². The van der Waals surface area contributed by atoms with Gasteiger partial charge in [-0.3, -0.25) is 4.57 Å². The third-order valence-electron chi connectivity index (χ3n) is 14.6. The van der Waals surface area contributed by atoms with Crippen molar-refractivity contribution in [3.05, 3.63) is 223 Å². The molecule has 0 spiro atoms. The molecular formula is C67H64N4O. The van der Waals surface area contributed by atoms with Crippen LogP contribution in [0.3, 0.4) is 0 Å². The molecule has 3 heterocycles. The van der Waals surface area contributed by atoms with Gasteiger partial charge in [-0.15, -0.1) is 0 Å². The van der Waals surface area contributed by atoms with E-state index in [2.05, 4.69) is 257 Å². The molecule has 0 bridgehead atoms. The fourth-order valence-corrected chi connectivity index (χ4v) is 11.0. The summed E-state index contributed by atoms with van der Waals surface area (Å²) in [5.74, 6) is 3.14. The second-order valence-corrected chi connectivity index (χ2v) is 21.1. The van der Waals surface area contributed by atoms with E-state index in [-0.39, 0.29) is 5.41 Å². The summed E-state index contributed by atoms with van der Waals surface area (Å²) in [5.41, 5.74) is 18.6. The van der Waals surface area contributed by atoms with E-state index < -0.39 is 0 Å². The lowest BCUT2D eigenvalue weighted by molar-refractivity contribution is 0.483. The molecule has 0 amide bonds. The lowest BCUT2D eigenvalue weighted by Gasteiger charge is -2.25. The molecule has 0 N–H and O–H groups in total. The number of benzene rings is 8. The molecule has 11 rings (SSSR count). The average Bonchev–Trinajstić information content (AvgIpc) is 3.94. The number of nitrogens with zero attached hydrogens (tertiary/aromatic N) is 4. The van der Waals surface area contributed by atoms with Gasteiger partial charge in [0.1, 0.15) is 17.3 Å². The van der Waals surface area contributed by atoms with E-state index in [0.29, 0.717) is 11.8 Å². The summed E-state index contributed by atoms with van der Waals surface area (Å²) in [4.78, 5) is 10.0. The van der Waals surface area contributed by atoms with E-state index in [1.54, 1.807) is 0 Å². The van der Waals surface area contributed by atoms with Gasteiger partial charge < -0.3 is 14.5 Å². The van der Waals surface area contributed by atoms with Crippen LogP contribution in [0.25, 0.3) is 61.0 Å². The minimum absolute atomic E-state index is 0.0225. The largest absolute Gasteiger partial charge is 0.457 e. The standard InChI is InChI=1S/C67H64N4O/c1-45(2)54-26-18-27-55(46(3)4)66(54)49-39-51(42-53(40-49)72-52-34-35-60-59-25-14-15-31-61(59)71(64(60)43-52)65-41-50(36-37-68-65)67(5,6)7)70-44-69(62-32-16-17-33-63(62)70)38-20-30-58-56(47-21-10-8-11-22-47)28-19-29-57(58)48-23-12-9-13-24-48/h8-19,21-29,31-37,39-43,45-46H,20,30,38,44H2,1-7H3. The Balaban J connectivity index is 0.981. The van der Waals surface area contributed by atoms with Crippen molar-refractivity contribution in [2.75, 3.05) is 23.0 Å². The van der Waals surface area contributed by atoms with Crippen LogP contribution in [-0.2, 0) is 11.8 Å². The van der Waals surface area contributed by atoms with Gasteiger partial charge in [-0.25, -0.2) is 4.98 Å². The average molecular weight is 941 g/mol. The summed E-state index contributed by atoms with van der Waals surface area (Å²) in [5, 5.41) is 2.35. The molecule has 1 aliphatic rings. The monoisotopic (exact) mass is 941 g/mol. The summed E-state index contributed by atoms with van der Waals surface area (Å²) in [6, 6.07) is 70.7. The Bertz CT molecular complexity index is 3480. The molecule has 10 aromatic rings. The fourth-order valence-electron chi connectivity index (χ4n) is 11.0. The van der Waals surface area contributed by atoms with E-state index in [4.69, 9.17) is 9.72 Å². The first kappa shape index (κ1) is 46.5. The minimum atomic E-state index is -0.0225. The van der Waals surface area contributed by atoms with Gasteiger partial charge in [-0.2, -0.15) is 0 Å². The van der Waals surface area contributed by atoms with Crippen LogP contribution in [0.1, 0.15) is 89.0 Å². The number of anilines is 3. The SMILES string of the molecule is CC(C)c1cccc(C(C)C)c1-c1cc(Oc2ccc3c4ccccc4n(-c4cc(C(C)(C)C)ccn4)c3c2)cc(N2CN(CCCc3c(-c4ccccc4)cccc3-c3ccccc3)c3ccccc32)c1. The molecule has 2 aromatic heterocycles. The highest BCUT2D eigenvalue weighted by atomic mass is 16.5. The highest BCUT2D eigenvalue weighted by molar-refractivity contribution is 6.09. The van der Waals surface area contributed by atoms with Crippen LogP contribution in [-0.4, -0.2) is 22.8 Å². The van der Waals surface area contributed by atoms with Crippen molar-refractivity contribution in [2.24, 2.45) is 0 Å². The van der Waals surface area contributed by atoms with Gasteiger partial charge in [0.05, 0.1) is 29.1 Å². The van der Waals surface area contributed by atoms with Gasteiger partial charge in [-0.05, 0) is 140 Å². The Morgan fingerprint density at radius 2 is 1.17 bits per heavy atom. The summed E-state index contributed by atoms with van der Waals surface area (Å²) >= 11 is 0. The van der Waals surface area contributed by atoms with Crippen LogP contribution < -0.4 is 14.5 Å². The number of fused-ring (bicyclic) bond motifs is 4. The van der Waals surface area contributed by atoms with Crippen LogP contribution in [0.2, 0.25) is 0 Å². The van der Waals surface area contributed by atoms with Crippen molar-refractivity contribution in [3.8, 4) is 50.7 Å². The van der Waals surface area contributed by atoms with Gasteiger partial charge in [0.15, 0.2) is 0 Å².